The molecule has 0 radical (unpaired) electrons. The van der Waals surface area contributed by atoms with E-state index in [4.69, 9.17) is 9.94 Å². The first kappa shape index (κ1) is 20.6. The number of pyridine rings is 1. The van der Waals surface area contributed by atoms with Crippen LogP contribution in [0.4, 0.5) is 0 Å². The number of carbonyl (C=O) groups excluding carboxylic acids is 2. The Bertz CT molecular complexity index is 918. The van der Waals surface area contributed by atoms with E-state index in [1.54, 1.807) is 24.3 Å². The topological polar surface area (TPSA) is 91.8 Å². The summed E-state index contributed by atoms with van der Waals surface area (Å²) in [5, 5.41) is 8.52. The van der Waals surface area contributed by atoms with E-state index in [-0.39, 0.29) is 5.78 Å². The fourth-order valence-electron chi connectivity index (χ4n) is 3.00. The summed E-state index contributed by atoms with van der Waals surface area (Å²) in [5.41, 5.74) is 4.31. The van der Waals surface area contributed by atoms with Gasteiger partial charge in [-0.25, -0.2) is 10.5 Å². The largest absolute Gasteiger partial charge is 0.379 e. The Kier molecular flexibility index (Phi) is 7.40. The Balaban J connectivity index is 1.71. The van der Waals surface area contributed by atoms with Gasteiger partial charge in [0.25, 0.3) is 5.91 Å². The van der Waals surface area contributed by atoms with Gasteiger partial charge in [-0.1, -0.05) is 30.3 Å². The van der Waals surface area contributed by atoms with Crippen molar-refractivity contribution < 1.29 is 19.5 Å². The lowest BCUT2D eigenvalue weighted by Gasteiger charge is -2.27. The first-order valence-electron chi connectivity index (χ1n) is 9.35. The van der Waals surface area contributed by atoms with E-state index in [1.165, 1.54) is 23.7 Å². The third-order valence-corrected chi connectivity index (χ3v) is 4.49. The Morgan fingerprint density at radius 3 is 2.45 bits per heavy atom. The molecule has 1 fully saturated rings. The fraction of sp³-hybridized carbons (Fsp3) is 0.227. The van der Waals surface area contributed by atoms with Crippen molar-refractivity contribution in [3.63, 3.8) is 0 Å². The summed E-state index contributed by atoms with van der Waals surface area (Å²) in [6, 6.07) is 12.9. The van der Waals surface area contributed by atoms with Crippen molar-refractivity contribution in [2.24, 2.45) is 0 Å². The Morgan fingerprint density at radius 2 is 1.72 bits per heavy atom. The molecule has 3 rings (SSSR count). The lowest BCUT2D eigenvalue weighted by atomic mass is 10.0. The van der Waals surface area contributed by atoms with Crippen molar-refractivity contribution in [1.29, 1.82) is 0 Å². The molecule has 0 spiro atoms. The molecule has 0 atom stereocenters. The maximum absolute atomic E-state index is 12.8. The molecule has 0 unspecified atom stereocenters. The van der Waals surface area contributed by atoms with Gasteiger partial charge in [0.15, 0.2) is 5.78 Å². The fourth-order valence-corrected chi connectivity index (χ4v) is 3.00. The van der Waals surface area contributed by atoms with Gasteiger partial charge in [-0.3, -0.25) is 19.7 Å². The minimum absolute atomic E-state index is 0.0868. The van der Waals surface area contributed by atoms with Gasteiger partial charge in [0.1, 0.15) is 0 Å². The van der Waals surface area contributed by atoms with Crippen LogP contribution in [0, 0.1) is 0 Å². The number of morpholine rings is 1. The summed E-state index contributed by atoms with van der Waals surface area (Å²) in [6.45, 7) is 3.86. The van der Waals surface area contributed by atoms with Gasteiger partial charge in [0, 0.05) is 31.3 Å². The lowest BCUT2D eigenvalue weighted by Crippen LogP contribution is -2.36. The number of ketones is 1. The predicted molar refractivity (Wildman–Crippen MR) is 109 cm³/mol. The van der Waals surface area contributed by atoms with Crippen molar-refractivity contribution in [2.45, 2.75) is 6.54 Å². The maximum Gasteiger partial charge on any atom is 0.267 e. The average Bonchev–Trinajstić information content (AvgIpc) is 2.77. The zero-order chi connectivity index (χ0) is 20.5. The molecular formula is C22H23N3O4. The molecule has 1 amide bonds. The molecule has 7 nitrogen and oxygen atoms in total. The standard InChI is InChI=1S/C22H23N3O4/c26-21(10-8-18-5-3-6-19(23-18)9-11-22(27)24-28)20-7-2-1-4-17(20)16-25-12-14-29-15-13-25/h1-11,28H,12-16H2,(H,24,27)/b10-8+,11-9+. The van der Waals surface area contributed by atoms with Gasteiger partial charge in [0.2, 0.25) is 0 Å². The zero-order valence-electron chi connectivity index (χ0n) is 16.0. The third kappa shape index (κ3) is 6.18. The van der Waals surface area contributed by atoms with Crippen LogP contribution in [0.5, 0.6) is 0 Å². The van der Waals surface area contributed by atoms with E-state index < -0.39 is 5.91 Å². The van der Waals surface area contributed by atoms with Crippen molar-refractivity contribution >= 4 is 23.8 Å². The number of carbonyl (C=O) groups is 2. The maximum atomic E-state index is 12.8. The van der Waals surface area contributed by atoms with E-state index in [2.05, 4.69) is 9.88 Å². The van der Waals surface area contributed by atoms with Gasteiger partial charge in [-0.15, -0.1) is 0 Å². The minimum atomic E-state index is -0.639. The number of aromatic nitrogens is 1. The quantitative estimate of drug-likeness (QED) is 0.325. The molecule has 2 N–H and O–H groups in total. The van der Waals surface area contributed by atoms with Gasteiger partial charge in [-0.2, -0.15) is 0 Å². The SMILES string of the molecule is O=C(/C=C/c1cccc(/C=C/C(=O)c2ccccc2CN2CCOCC2)n1)NO. The number of amides is 1. The van der Waals surface area contributed by atoms with Crippen molar-refractivity contribution in [2.75, 3.05) is 26.3 Å². The van der Waals surface area contributed by atoms with Crippen LogP contribution in [0.3, 0.4) is 0 Å². The molecule has 0 aliphatic carbocycles. The Morgan fingerprint density at radius 1 is 1.03 bits per heavy atom. The summed E-state index contributed by atoms with van der Waals surface area (Å²) < 4.78 is 5.38. The number of benzene rings is 1. The number of nitrogens with one attached hydrogen (secondary N) is 1. The number of hydroxylamine groups is 1. The van der Waals surface area contributed by atoms with E-state index >= 15 is 0 Å². The number of nitrogens with zero attached hydrogens (tertiary/aromatic N) is 2. The highest BCUT2D eigenvalue weighted by Crippen LogP contribution is 2.15. The van der Waals surface area contributed by atoms with Crippen molar-refractivity contribution in [1.82, 2.24) is 15.4 Å². The van der Waals surface area contributed by atoms with Crippen molar-refractivity contribution in [3.8, 4) is 0 Å². The van der Waals surface area contributed by atoms with Crippen LogP contribution in [0.1, 0.15) is 27.3 Å². The predicted octanol–water partition coefficient (Wildman–Crippen LogP) is 2.33. The number of allylic oxidation sites excluding steroid dienone is 1. The monoisotopic (exact) mass is 393 g/mol. The highest BCUT2D eigenvalue weighted by molar-refractivity contribution is 6.07. The summed E-state index contributed by atoms with van der Waals surface area (Å²) in [5.74, 6) is -0.726. The molecule has 1 aromatic heterocycles. The second-order valence-electron chi connectivity index (χ2n) is 6.54. The molecule has 2 aromatic rings. The van der Waals surface area contributed by atoms with E-state index in [1.807, 2.05) is 24.3 Å². The number of hydrogen-bond donors (Lipinski definition) is 2. The van der Waals surface area contributed by atoms with Gasteiger partial charge < -0.3 is 4.74 Å². The summed E-state index contributed by atoms with van der Waals surface area (Å²) in [6.07, 6.45) is 5.80. The Hall–Kier alpha value is -3.13. The highest BCUT2D eigenvalue weighted by Gasteiger charge is 2.14. The van der Waals surface area contributed by atoms with Crippen LogP contribution in [0.15, 0.2) is 54.6 Å². The number of ether oxygens (including phenoxy) is 1. The molecule has 1 aliphatic rings. The van der Waals surface area contributed by atoms with Crippen LogP contribution in [0.25, 0.3) is 12.2 Å². The van der Waals surface area contributed by atoms with Gasteiger partial charge >= 0.3 is 0 Å². The van der Waals surface area contributed by atoms with Crippen LogP contribution in [-0.4, -0.2) is 53.1 Å². The molecule has 0 bridgehead atoms. The Labute approximate surface area is 169 Å². The first-order chi connectivity index (χ1) is 14.2. The molecule has 1 aromatic carbocycles. The lowest BCUT2D eigenvalue weighted by molar-refractivity contribution is -0.124. The van der Waals surface area contributed by atoms with E-state index in [0.717, 1.165) is 18.7 Å². The zero-order valence-corrected chi connectivity index (χ0v) is 16.0. The second-order valence-corrected chi connectivity index (χ2v) is 6.54. The second kappa shape index (κ2) is 10.4. The third-order valence-electron chi connectivity index (χ3n) is 4.49. The first-order valence-corrected chi connectivity index (χ1v) is 9.35. The van der Waals surface area contributed by atoms with Gasteiger partial charge in [0.05, 0.1) is 24.6 Å². The van der Waals surface area contributed by atoms with Crippen molar-refractivity contribution in [3.05, 3.63) is 77.1 Å². The summed E-state index contributed by atoms with van der Waals surface area (Å²) >= 11 is 0. The molecule has 7 heteroatoms. The summed E-state index contributed by atoms with van der Waals surface area (Å²) in [7, 11) is 0. The molecular weight excluding hydrogens is 370 g/mol. The van der Waals surface area contributed by atoms with Crippen LogP contribution in [0.2, 0.25) is 0 Å². The minimum Gasteiger partial charge on any atom is -0.379 e. The van der Waals surface area contributed by atoms with E-state index in [9.17, 15) is 9.59 Å². The smallest absolute Gasteiger partial charge is 0.267 e. The number of rotatable bonds is 7. The van der Waals surface area contributed by atoms with Crippen LogP contribution < -0.4 is 5.48 Å². The van der Waals surface area contributed by atoms with E-state index in [0.29, 0.717) is 36.7 Å². The molecule has 29 heavy (non-hydrogen) atoms. The van der Waals surface area contributed by atoms with Crippen LogP contribution in [-0.2, 0) is 16.1 Å². The number of hydrogen-bond acceptors (Lipinski definition) is 6. The molecule has 2 heterocycles. The molecule has 150 valence electrons. The highest BCUT2D eigenvalue weighted by atomic mass is 16.5. The molecule has 0 saturated carbocycles. The molecule has 1 saturated heterocycles. The van der Waals surface area contributed by atoms with Gasteiger partial charge in [-0.05, 0) is 35.9 Å². The average molecular weight is 393 g/mol. The van der Waals surface area contributed by atoms with Crippen LogP contribution >= 0.6 is 0 Å². The summed E-state index contributed by atoms with van der Waals surface area (Å²) in [4.78, 5) is 30.5. The molecule has 1 aliphatic heterocycles. The normalized spacial score (nSPS) is 15.1.